The van der Waals surface area contributed by atoms with Gasteiger partial charge in [0.15, 0.2) is 5.96 Å². The van der Waals surface area contributed by atoms with Crippen LogP contribution in [-0.4, -0.2) is 32.8 Å². The van der Waals surface area contributed by atoms with Crippen LogP contribution in [0.3, 0.4) is 0 Å². The molecule has 0 spiro atoms. The molecule has 6 heteroatoms. The Morgan fingerprint density at radius 2 is 1.69 bits per heavy atom. The van der Waals surface area contributed by atoms with Gasteiger partial charge in [0.05, 0.1) is 6.61 Å². The first-order chi connectivity index (χ1) is 12.3. The quantitative estimate of drug-likeness (QED) is 0.255. The second-order valence-electron chi connectivity index (χ2n) is 5.47. The van der Waals surface area contributed by atoms with Gasteiger partial charge in [0.1, 0.15) is 12.4 Å². The molecule has 0 fully saturated rings. The number of ether oxygens (including phenoxy) is 2. The van der Waals surface area contributed by atoms with Crippen LogP contribution in [0.5, 0.6) is 5.75 Å². The summed E-state index contributed by atoms with van der Waals surface area (Å²) in [4.78, 5) is 4.20. The lowest BCUT2D eigenvalue weighted by molar-refractivity contribution is 0.152. The van der Waals surface area contributed by atoms with Crippen LogP contribution in [0.2, 0.25) is 0 Å². The molecule has 0 bridgehead atoms. The van der Waals surface area contributed by atoms with Crippen molar-refractivity contribution in [1.29, 1.82) is 0 Å². The van der Waals surface area contributed by atoms with Crippen LogP contribution in [0.4, 0.5) is 0 Å². The van der Waals surface area contributed by atoms with Crippen LogP contribution < -0.4 is 15.4 Å². The van der Waals surface area contributed by atoms with Crippen molar-refractivity contribution in [3.05, 3.63) is 65.7 Å². The van der Waals surface area contributed by atoms with Gasteiger partial charge < -0.3 is 20.1 Å². The lowest BCUT2D eigenvalue weighted by Crippen LogP contribution is -2.38. The Kier molecular flexibility index (Phi) is 11.5. The molecule has 0 aromatic heterocycles. The van der Waals surface area contributed by atoms with Crippen molar-refractivity contribution in [2.75, 3.05) is 26.8 Å². The number of guanidine groups is 1. The van der Waals surface area contributed by atoms with E-state index in [2.05, 4.69) is 39.9 Å². The van der Waals surface area contributed by atoms with E-state index >= 15 is 0 Å². The van der Waals surface area contributed by atoms with E-state index in [-0.39, 0.29) is 24.0 Å². The van der Waals surface area contributed by atoms with Crippen molar-refractivity contribution in [2.24, 2.45) is 4.99 Å². The van der Waals surface area contributed by atoms with Crippen molar-refractivity contribution in [3.63, 3.8) is 0 Å². The summed E-state index contributed by atoms with van der Waals surface area (Å²) in [6, 6.07) is 18.2. The molecule has 0 aliphatic heterocycles. The molecule has 0 atom stereocenters. The summed E-state index contributed by atoms with van der Waals surface area (Å²) in [5.41, 5.74) is 2.33. The molecule has 0 saturated heterocycles. The summed E-state index contributed by atoms with van der Waals surface area (Å²) in [5, 5.41) is 6.50. The zero-order valence-electron chi connectivity index (χ0n) is 15.4. The highest BCUT2D eigenvalue weighted by molar-refractivity contribution is 14.0. The molecular weight excluding hydrogens is 441 g/mol. The minimum absolute atomic E-state index is 0. The van der Waals surface area contributed by atoms with Crippen LogP contribution >= 0.6 is 24.0 Å². The molecule has 2 aromatic carbocycles. The van der Waals surface area contributed by atoms with Crippen LogP contribution in [-0.2, 0) is 17.9 Å². The standard InChI is InChI=1S/C20H27N3O2.HI/c1-3-24-14-13-22-20(21-2)23-15-17-9-11-19(12-10-17)25-16-18-7-5-4-6-8-18;/h4-12H,3,13-16H2,1-2H3,(H2,21,22,23);1H. The van der Waals surface area contributed by atoms with Crippen LogP contribution in [0.15, 0.2) is 59.6 Å². The number of benzene rings is 2. The van der Waals surface area contributed by atoms with Gasteiger partial charge in [0.2, 0.25) is 0 Å². The molecule has 26 heavy (non-hydrogen) atoms. The molecule has 0 amide bonds. The van der Waals surface area contributed by atoms with Crippen molar-refractivity contribution in [3.8, 4) is 5.75 Å². The summed E-state index contributed by atoms with van der Waals surface area (Å²) in [6.07, 6.45) is 0. The molecule has 0 saturated carbocycles. The largest absolute Gasteiger partial charge is 0.489 e. The second-order valence-corrected chi connectivity index (χ2v) is 5.47. The Hall–Kier alpha value is -1.80. The van der Waals surface area contributed by atoms with Gasteiger partial charge in [0.25, 0.3) is 0 Å². The third-order valence-corrected chi connectivity index (χ3v) is 3.60. The fourth-order valence-electron chi connectivity index (χ4n) is 2.24. The number of halogens is 1. The molecule has 142 valence electrons. The smallest absolute Gasteiger partial charge is 0.191 e. The van der Waals surface area contributed by atoms with Gasteiger partial charge in [-0.25, -0.2) is 0 Å². The Morgan fingerprint density at radius 3 is 2.35 bits per heavy atom. The Morgan fingerprint density at radius 1 is 0.962 bits per heavy atom. The van der Waals surface area contributed by atoms with E-state index in [0.29, 0.717) is 19.8 Å². The first kappa shape index (κ1) is 22.2. The highest BCUT2D eigenvalue weighted by Gasteiger charge is 2.00. The summed E-state index contributed by atoms with van der Waals surface area (Å²) < 4.78 is 11.1. The number of nitrogens with zero attached hydrogens (tertiary/aromatic N) is 1. The predicted molar refractivity (Wildman–Crippen MR) is 117 cm³/mol. The third-order valence-electron chi connectivity index (χ3n) is 3.60. The van der Waals surface area contributed by atoms with Crippen molar-refractivity contribution in [1.82, 2.24) is 10.6 Å². The Labute approximate surface area is 173 Å². The van der Waals surface area contributed by atoms with Crippen molar-refractivity contribution in [2.45, 2.75) is 20.1 Å². The number of aliphatic imine (C=N–C) groups is 1. The van der Waals surface area contributed by atoms with Crippen molar-refractivity contribution < 1.29 is 9.47 Å². The fraction of sp³-hybridized carbons (Fsp3) is 0.350. The minimum atomic E-state index is 0. The average Bonchev–Trinajstić information content (AvgIpc) is 2.67. The van der Waals surface area contributed by atoms with E-state index in [1.54, 1.807) is 7.05 Å². The molecule has 0 radical (unpaired) electrons. The average molecular weight is 469 g/mol. The van der Waals surface area contributed by atoms with E-state index in [1.165, 1.54) is 5.56 Å². The van der Waals surface area contributed by atoms with E-state index < -0.39 is 0 Å². The number of nitrogens with one attached hydrogen (secondary N) is 2. The first-order valence-corrected chi connectivity index (χ1v) is 8.59. The number of hydrogen-bond acceptors (Lipinski definition) is 3. The maximum absolute atomic E-state index is 5.80. The summed E-state index contributed by atoms with van der Waals surface area (Å²) >= 11 is 0. The minimum Gasteiger partial charge on any atom is -0.489 e. The summed E-state index contributed by atoms with van der Waals surface area (Å²) in [7, 11) is 1.76. The molecule has 2 N–H and O–H groups in total. The lowest BCUT2D eigenvalue weighted by atomic mass is 10.2. The summed E-state index contributed by atoms with van der Waals surface area (Å²) in [5.74, 6) is 1.64. The van der Waals surface area contributed by atoms with Crippen LogP contribution in [0, 0.1) is 0 Å². The van der Waals surface area contributed by atoms with Gasteiger partial charge >= 0.3 is 0 Å². The van der Waals surface area contributed by atoms with Crippen LogP contribution in [0.1, 0.15) is 18.1 Å². The molecule has 0 aliphatic carbocycles. The van der Waals surface area contributed by atoms with Gasteiger partial charge in [0, 0.05) is 26.7 Å². The Bertz CT molecular complexity index is 633. The molecule has 2 rings (SSSR count). The molecule has 0 heterocycles. The van der Waals surface area contributed by atoms with Gasteiger partial charge in [-0.3, -0.25) is 4.99 Å². The maximum Gasteiger partial charge on any atom is 0.191 e. The summed E-state index contributed by atoms with van der Waals surface area (Å²) in [6.45, 7) is 5.40. The zero-order chi connectivity index (χ0) is 17.7. The fourth-order valence-corrected chi connectivity index (χ4v) is 2.24. The molecule has 0 unspecified atom stereocenters. The Balaban J connectivity index is 0.00000338. The topological polar surface area (TPSA) is 54.9 Å². The van der Waals surface area contributed by atoms with Crippen molar-refractivity contribution >= 4 is 29.9 Å². The number of hydrogen-bond donors (Lipinski definition) is 2. The highest BCUT2D eigenvalue weighted by atomic mass is 127. The first-order valence-electron chi connectivity index (χ1n) is 8.59. The van der Waals surface area contributed by atoms with E-state index in [0.717, 1.165) is 30.4 Å². The highest BCUT2D eigenvalue weighted by Crippen LogP contribution is 2.14. The van der Waals surface area contributed by atoms with E-state index in [9.17, 15) is 0 Å². The molecular formula is C20H28IN3O2. The maximum atomic E-state index is 5.80. The third kappa shape index (κ3) is 8.53. The molecule has 5 nitrogen and oxygen atoms in total. The molecule has 2 aromatic rings. The van der Waals surface area contributed by atoms with E-state index in [1.807, 2.05) is 37.3 Å². The van der Waals surface area contributed by atoms with Gasteiger partial charge in [-0.1, -0.05) is 42.5 Å². The second kappa shape index (κ2) is 13.4. The number of rotatable bonds is 9. The van der Waals surface area contributed by atoms with Gasteiger partial charge in [-0.15, -0.1) is 24.0 Å². The van der Waals surface area contributed by atoms with Crippen LogP contribution in [0.25, 0.3) is 0 Å². The predicted octanol–water partition coefficient (Wildman–Crippen LogP) is 3.59. The SMILES string of the molecule is CCOCCNC(=NC)NCc1ccc(OCc2ccccc2)cc1.I. The van der Waals surface area contributed by atoms with Gasteiger partial charge in [-0.05, 0) is 30.2 Å². The lowest BCUT2D eigenvalue weighted by Gasteiger charge is -2.12. The monoisotopic (exact) mass is 469 g/mol. The molecule has 0 aliphatic rings. The zero-order valence-corrected chi connectivity index (χ0v) is 17.7. The van der Waals surface area contributed by atoms with E-state index in [4.69, 9.17) is 9.47 Å². The van der Waals surface area contributed by atoms with Gasteiger partial charge in [-0.2, -0.15) is 0 Å². The normalized spacial score (nSPS) is 10.8.